The summed E-state index contributed by atoms with van der Waals surface area (Å²) in [7, 11) is -4.64. The minimum Gasteiger partial charge on any atom is -1.00 e. The van der Waals surface area contributed by atoms with Crippen LogP contribution in [-0.4, -0.2) is 14.7 Å². The number of hydrogen-bond acceptors (Lipinski definition) is 1. The number of hydrogen-bond donors (Lipinski definition) is 3. The van der Waals surface area contributed by atoms with Gasteiger partial charge in [-0.25, -0.2) is 4.57 Å². The topological polar surface area (TPSA) is 77.8 Å². The second-order valence-electron chi connectivity index (χ2n) is 0.513. The molecule has 0 fully saturated rings. The average Bonchev–Trinajstić information content (AvgIpc) is 0.722. The molecule has 0 saturated carbocycles. The molecule has 0 heterocycles. The van der Waals surface area contributed by atoms with Gasteiger partial charge in [0, 0.05) is 17.1 Å². The zero-order valence-corrected chi connectivity index (χ0v) is 5.55. The Morgan fingerprint density at radius 2 is 1.25 bits per heavy atom. The van der Waals surface area contributed by atoms with Crippen molar-refractivity contribution in [1.82, 2.24) is 0 Å². The van der Waals surface area contributed by atoms with Gasteiger partial charge < -0.3 is 16.1 Å². The van der Waals surface area contributed by atoms with Gasteiger partial charge in [0.25, 0.3) is 0 Å². The van der Waals surface area contributed by atoms with E-state index >= 15 is 0 Å². The van der Waals surface area contributed by atoms with E-state index in [2.05, 4.69) is 0 Å². The average molecular weight is 178 g/mol. The molecular weight excluding hydrogens is 170 g/mol. The van der Waals surface area contributed by atoms with E-state index < -0.39 is 7.82 Å². The summed E-state index contributed by atoms with van der Waals surface area (Å²) in [6, 6.07) is 0. The zero-order valence-electron chi connectivity index (χ0n) is 4.55. The van der Waals surface area contributed by atoms with Gasteiger partial charge in [0.05, 0.1) is 0 Å². The summed E-state index contributed by atoms with van der Waals surface area (Å²) < 4.78 is 8.88. The summed E-state index contributed by atoms with van der Waals surface area (Å²) in [6.45, 7) is 0. The van der Waals surface area contributed by atoms with Crippen LogP contribution in [0.1, 0.15) is 8.85 Å². The van der Waals surface area contributed by atoms with E-state index in [0.29, 0.717) is 0 Å². The molecule has 3 N–H and O–H groups in total. The first kappa shape index (κ1) is 22.9. The molecule has 7 heteroatoms. The van der Waals surface area contributed by atoms with Gasteiger partial charge in [0.1, 0.15) is 0 Å². The minimum absolute atomic E-state index is 0. The van der Waals surface area contributed by atoms with Crippen molar-refractivity contribution >= 4 is 7.82 Å². The van der Waals surface area contributed by atoms with E-state index in [4.69, 9.17) is 19.2 Å². The van der Waals surface area contributed by atoms with E-state index in [9.17, 15) is 0 Å². The van der Waals surface area contributed by atoms with Crippen LogP contribution in [0.3, 0.4) is 0 Å². The molecule has 0 amide bonds. The molecule has 50 valence electrons. The second-order valence-corrected chi connectivity index (χ2v) is 1.54. The Morgan fingerprint density at radius 1 is 1.25 bits per heavy atom. The fraction of sp³-hybridized carbons (Fsp3) is 1.00. The van der Waals surface area contributed by atoms with Gasteiger partial charge in [-0.15, -0.1) is 0 Å². The predicted octanol–water partition coefficient (Wildman–Crippen LogP) is -3.18. The smallest absolute Gasteiger partial charge is 1.00 e. The molecule has 0 saturated heterocycles. The fourth-order valence-corrected chi connectivity index (χ4v) is 0. The van der Waals surface area contributed by atoms with Crippen LogP contribution >= 0.6 is 7.82 Å². The van der Waals surface area contributed by atoms with Crippen molar-refractivity contribution in [3.05, 3.63) is 0 Å². The molecule has 0 spiro atoms. The van der Waals surface area contributed by atoms with E-state index in [-0.39, 0.29) is 44.8 Å². The Kier molecular flexibility index (Phi) is 23.5. The molecule has 0 aliphatic heterocycles. The molecule has 4 nitrogen and oxygen atoms in total. The van der Waals surface area contributed by atoms with Crippen LogP contribution in [0.25, 0.3) is 0 Å². The molecular formula is CH8FeLiO4P. The quantitative estimate of drug-likeness (QED) is 0.270. The molecule has 0 aliphatic rings. The Bertz CT molecular complexity index is 66.7. The molecule has 0 radical (unpaired) electrons. The van der Waals surface area contributed by atoms with Crippen LogP contribution in [0.4, 0.5) is 0 Å². The monoisotopic (exact) mass is 178 g/mol. The SMILES string of the molecule is C.O=P(O)(O)O.[Fe].[H-].[Li+]. The van der Waals surface area contributed by atoms with Gasteiger partial charge in [-0.3, -0.25) is 0 Å². The Morgan fingerprint density at radius 3 is 1.25 bits per heavy atom. The van der Waals surface area contributed by atoms with Crippen LogP contribution in [0.5, 0.6) is 0 Å². The van der Waals surface area contributed by atoms with E-state index in [0.717, 1.165) is 0 Å². The summed E-state index contributed by atoms with van der Waals surface area (Å²) in [5.41, 5.74) is 0. The first-order chi connectivity index (χ1) is 2.00. The molecule has 0 aromatic carbocycles. The van der Waals surface area contributed by atoms with Crippen molar-refractivity contribution in [2.45, 2.75) is 7.43 Å². The van der Waals surface area contributed by atoms with Crippen LogP contribution in [-0.2, 0) is 21.6 Å². The molecule has 0 bridgehead atoms. The van der Waals surface area contributed by atoms with Gasteiger partial charge in [-0.1, -0.05) is 7.43 Å². The Balaban J connectivity index is -0.0000000133. The summed E-state index contributed by atoms with van der Waals surface area (Å²) >= 11 is 0. The van der Waals surface area contributed by atoms with Gasteiger partial charge in [-0.05, 0) is 0 Å². The van der Waals surface area contributed by atoms with Gasteiger partial charge in [-0.2, -0.15) is 0 Å². The first-order valence-corrected chi connectivity index (χ1v) is 2.35. The van der Waals surface area contributed by atoms with E-state index in [1.807, 2.05) is 0 Å². The molecule has 0 atom stereocenters. The third-order valence-electron chi connectivity index (χ3n) is 0. The normalized spacial score (nSPS) is 7.38. The van der Waals surface area contributed by atoms with Crippen molar-refractivity contribution in [2.24, 2.45) is 0 Å². The summed E-state index contributed by atoms with van der Waals surface area (Å²) in [6.07, 6.45) is 0. The van der Waals surface area contributed by atoms with E-state index in [1.54, 1.807) is 0 Å². The van der Waals surface area contributed by atoms with Crippen molar-refractivity contribution in [1.29, 1.82) is 0 Å². The molecule has 0 aromatic rings. The van der Waals surface area contributed by atoms with Crippen LogP contribution in [0, 0.1) is 0 Å². The maximum absolute atomic E-state index is 8.88. The summed E-state index contributed by atoms with van der Waals surface area (Å²) in [4.78, 5) is 21.6. The second kappa shape index (κ2) is 8.23. The third-order valence-corrected chi connectivity index (χ3v) is 0. The van der Waals surface area contributed by atoms with Crippen LogP contribution < -0.4 is 18.9 Å². The fourth-order valence-electron chi connectivity index (χ4n) is 0. The summed E-state index contributed by atoms with van der Waals surface area (Å²) in [5, 5.41) is 0. The largest absolute Gasteiger partial charge is 1.00 e. The first-order valence-electron chi connectivity index (χ1n) is 0.783. The number of rotatable bonds is 0. The molecule has 0 aliphatic carbocycles. The molecule has 0 unspecified atom stereocenters. The standard InChI is InChI=1S/CH4.Fe.Li.H3O4P.H/c;;;1-5(2,3)4;/h1H4;;;(H3,1,2,3,4);/q;;+1;;-1. The predicted molar refractivity (Wildman–Crippen MR) is 22.1 cm³/mol. The van der Waals surface area contributed by atoms with Crippen LogP contribution in [0.2, 0.25) is 0 Å². The van der Waals surface area contributed by atoms with Crippen molar-refractivity contribution in [3.63, 3.8) is 0 Å². The maximum Gasteiger partial charge on any atom is 1.00 e. The van der Waals surface area contributed by atoms with Crippen molar-refractivity contribution in [3.8, 4) is 0 Å². The van der Waals surface area contributed by atoms with Crippen LogP contribution in [0.15, 0.2) is 0 Å². The number of phosphoric acid groups is 1. The third kappa shape index (κ3) is 186. The maximum atomic E-state index is 8.88. The van der Waals surface area contributed by atoms with Gasteiger partial charge in [0.15, 0.2) is 0 Å². The Hall–Kier alpha value is 1.23. The Labute approximate surface area is 72.1 Å². The van der Waals surface area contributed by atoms with Gasteiger partial charge >= 0.3 is 26.7 Å². The van der Waals surface area contributed by atoms with Crippen molar-refractivity contribution in [2.75, 3.05) is 0 Å². The van der Waals surface area contributed by atoms with E-state index in [1.165, 1.54) is 0 Å². The summed E-state index contributed by atoms with van der Waals surface area (Å²) in [5.74, 6) is 0. The molecule has 8 heavy (non-hydrogen) atoms. The molecule has 0 aromatic heterocycles. The minimum atomic E-state index is -4.64. The van der Waals surface area contributed by atoms with Crippen molar-refractivity contribution < 1.29 is 56.6 Å². The molecule has 0 rings (SSSR count). The van der Waals surface area contributed by atoms with Gasteiger partial charge in [0.2, 0.25) is 0 Å². The zero-order chi connectivity index (χ0) is 4.50.